The zero-order valence-electron chi connectivity index (χ0n) is 20.7. The lowest BCUT2D eigenvalue weighted by Gasteiger charge is -2.31. The molecule has 34 heavy (non-hydrogen) atoms. The van der Waals surface area contributed by atoms with Crippen molar-refractivity contribution in [3.8, 4) is 5.75 Å². The average Bonchev–Trinajstić information content (AvgIpc) is 3.20. The topological polar surface area (TPSA) is 88.2 Å². The number of carbonyl (C=O) groups is 3. The third-order valence-corrected chi connectivity index (χ3v) is 6.28. The van der Waals surface area contributed by atoms with Crippen molar-refractivity contribution in [1.29, 1.82) is 0 Å². The number of hydrogen-bond acceptors (Lipinski definition) is 5. The van der Waals surface area contributed by atoms with Gasteiger partial charge in [-0.3, -0.25) is 14.4 Å². The minimum Gasteiger partial charge on any atom is -0.489 e. The van der Waals surface area contributed by atoms with Crippen LogP contribution in [0.3, 0.4) is 0 Å². The van der Waals surface area contributed by atoms with Gasteiger partial charge in [-0.05, 0) is 36.1 Å². The molecule has 0 bridgehead atoms. The predicted octanol–water partition coefficient (Wildman–Crippen LogP) is 2.37. The van der Waals surface area contributed by atoms with Gasteiger partial charge in [-0.15, -0.1) is 0 Å². The number of morpholine rings is 1. The lowest BCUT2D eigenvalue weighted by Crippen LogP contribution is -2.49. The van der Waals surface area contributed by atoms with E-state index in [2.05, 4.69) is 11.9 Å². The van der Waals surface area contributed by atoms with Gasteiger partial charge in [0.1, 0.15) is 25.0 Å². The van der Waals surface area contributed by atoms with Crippen LogP contribution >= 0.6 is 0 Å². The normalized spacial score (nSPS) is 25.6. The van der Waals surface area contributed by atoms with E-state index in [-0.39, 0.29) is 31.6 Å². The largest absolute Gasteiger partial charge is 0.489 e. The Bertz CT molecular complexity index is 1220. The fourth-order valence-electron chi connectivity index (χ4n) is 4.42. The summed E-state index contributed by atoms with van der Waals surface area (Å²) in [5, 5.41) is 2.75. The van der Waals surface area contributed by atoms with Crippen LogP contribution in [0.4, 0.5) is 0 Å². The lowest BCUT2D eigenvalue weighted by atomic mass is 10.0. The van der Waals surface area contributed by atoms with E-state index >= 15 is 0 Å². The molecule has 0 aliphatic carbocycles. The molecule has 1 N–H and O–H groups in total. The van der Waals surface area contributed by atoms with Crippen molar-refractivity contribution in [3.63, 3.8) is 0 Å². The van der Waals surface area contributed by atoms with Gasteiger partial charge >= 0.3 is 0 Å². The number of rotatable bonds is 6. The van der Waals surface area contributed by atoms with Crippen LogP contribution in [0, 0.1) is 0 Å². The highest BCUT2D eigenvalue weighted by Crippen LogP contribution is 2.34. The zero-order chi connectivity index (χ0) is 25.4. The van der Waals surface area contributed by atoms with Gasteiger partial charge in [0.15, 0.2) is 0 Å². The maximum Gasteiger partial charge on any atom is 0.255 e. The van der Waals surface area contributed by atoms with Crippen molar-refractivity contribution in [3.05, 3.63) is 77.0 Å². The van der Waals surface area contributed by atoms with Gasteiger partial charge in [0.2, 0.25) is 11.8 Å². The Balaban J connectivity index is 1.23. The lowest BCUT2D eigenvalue weighted by molar-refractivity contribution is -0.143. The standard InChI is InChI=1S/C26H27N3O5/c1-17-5-10-22(25(31)27-17)29-14-21-20(26(29)32)3-2-4-23(21)34-15-19-8-6-18(7-9-19)13-28-11-12-33-16-24(28)30/h2-4,6-9,22H,1,5,10-16H2,(H,27,31)/i11D,16D. The quantitative estimate of drug-likeness (QED) is 0.711. The third-order valence-electron chi connectivity index (χ3n) is 6.28. The van der Waals surface area contributed by atoms with Gasteiger partial charge in [-0.1, -0.05) is 36.9 Å². The molecule has 2 fully saturated rings. The fraction of sp³-hybridized carbons (Fsp3) is 0.346. The van der Waals surface area contributed by atoms with E-state index in [9.17, 15) is 14.4 Å². The first-order valence-corrected chi connectivity index (χ1v) is 11.2. The molecular weight excluding hydrogens is 434 g/mol. The maximum absolute atomic E-state index is 13.0. The van der Waals surface area contributed by atoms with Crippen LogP contribution in [0.2, 0.25) is 0 Å². The summed E-state index contributed by atoms with van der Waals surface area (Å²) in [4.78, 5) is 40.6. The number of hydrogen-bond donors (Lipinski definition) is 1. The number of nitrogens with zero attached hydrogens (tertiary/aromatic N) is 2. The number of benzene rings is 2. The first-order chi connectivity index (χ1) is 17.3. The molecule has 2 aromatic rings. The highest BCUT2D eigenvalue weighted by molar-refractivity contribution is 6.02. The zero-order valence-corrected chi connectivity index (χ0v) is 18.7. The first-order valence-electron chi connectivity index (χ1n) is 12.4. The molecule has 3 heterocycles. The van der Waals surface area contributed by atoms with Crippen molar-refractivity contribution in [2.24, 2.45) is 0 Å². The predicted molar refractivity (Wildman–Crippen MR) is 124 cm³/mol. The molecule has 176 valence electrons. The second-order valence-corrected chi connectivity index (χ2v) is 8.57. The Morgan fingerprint density at radius 1 is 1.15 bits per heavy atom. The molecule has 0 saturated carbocycles. The van der Waals surface area contributed by atoms with Crippen molar-refractivity contribution >= 4 is 17.7 Å². The molecule has 3 aliphatic heterocycles. The van der Waals surface area contributed by atoms with E-state index in [1.54, 1.807) is 17.0 Å². The first kappa shape index (κ1) is 19.8. The van der Waals surface area contributed by atoms with Crippen molar-refractivity contribution in [2.45, 2.75) is 38.6 Å². The number of ether oxygens (including phenoxy) is 2. The molecule has 5 rings (SSSR count). The highest BCUT2D eigenvalue weighted by Gasteiger charge is 2.39. The van der Waals surface area contributed by atoms with E-state index in [0.717, 1.165) is 16.7 Å². The van der Waals surface area contributed by atoms with Gasteiger partial charge in [0, 0.05) is 29.9 Å². The molecule has 2 saturated heterocycles. The molecule has 3 aliphatic rings. The van der Waals surface area contributed by atoms with Crippen LogP contribution in [-0.4, -0.2) is 53.3 Å². The Morgan fingerprint density at radius 2 is 1.94 bits per heavy atom. The summed E-state index contributed by atoms with van der Waals surface area (Å²) in [5.74, 6) is -0.284. The van der Waals surface area contributed by atoms with Crippen molar-refractivity contribution < 1.29 is 26.6 Å². The summed E-state index contributed by atoms with van der Waals surface area (Å²) < 4.78 is 26.7. The molecule has 8 nitrogen and oxygen atoms in total. The average molecular weight is 464 g/mol. The van der Waals surface area contributed by atoms with Crippen molar-refractivity contribution in [2.75, 3.05) is 19.7 Å². The Morgan fingerprint density at radius 3 is 2.74 bits per heavy atom. The summed E-state index contributed by atoms with van der Waals surface area (Å²) in [6, 6.07) is 12.3. The van der Waals surface area contributed by atoms with Crippen LogP contribution in [0.5, 0.6) is 5.75 Å². The number of nitrogens with one attached hydrogen (secondary N) is 1. The number of piperidine rings is 1. The number of amides is 3. The second kappa shape index (κ2) is 9.30. The minimum absolute atomic E-state index is 0.0217. The van der Waals surface area contributed by atoms with Crippen LogP contribution in [0.15, 0.2) is 54.7 Å². The SMILES string of the molecule is [2H]C1OCC([2H])N(Cc2ccc(COc3cccc4c3CN(C3CCC(=C)NC3=O)C4=O)cc2)C1=O. The molecule has 3 amide bonds. The van der Waals surface area contributed by atoms with E-state index in [1.165, 1.54) is 4.90 Å². The van der Waals surface area contributed by atoms with Crippen molar-refractivity contribution in [1.82, 2.24) is 15.1 Å². The molecule has 3 unspecified atom stereocenters. The van der Waals surface area contributed by atoms with E-state index in [0.29, 0.717) is 36.4 Å². The number of allylic oxidation sites excluding steroid dienone is 1. The molecule has 2 aromatic carbocycles. The Kier molecular flexibility index (Phi) is 5.42. The number of carbonyl (C=O) groups excluding carboxylic acids is 3. The van der Waals surface area contributed by atoms with Gasteiger partial charge in [-0.2, -0.15) is 0 Å². The van der Waals surface area contributed by atoms with Gasteiger partial charge in [0.05, 0.1) is 15.9 Å². The Hall–Kier alpha value is -3.65. The summed E-state index contributed by atoms with van der Waals surface area (Å²) in [7, 11) is 0. The molecule has 3 atom stereocenters. The summed E-state index contributed by atoms with van der Waals surface area (Å²) in [6.07, 6.45) is 1.19. The summed E-state index contributed by atoms with van der Waals surface area (Å²) in [5.41, 5.74) is 3.74. The van der Waals surface area contributed by atoms with E-state index in [4.69, 9.17) is 12.2 Å². The van der Waals surface area contributed by atoms with Gasteiger partial charge < -0.3 is 24.6 Å². The monoisotopic (exact) mass is 463 g/mol. The third kappa shape index (κ3) is 4.41. The molecule has 0 radical (unpaired) electrons. The van der Waals surface area contributed by atoms with E-state index in [1.807, 2.05) is 30.3 Å². The second-order valence-electron chi connectivity index (χ2n) is 8.57. The van der Waals surface area contributed by atoms with Gasteiger partial charge in [-0.25, -0.2) is 0 Å². The number of fused-ring (bicyclic) bond motifs is 1. The molecule has 8 heteroatoms. The minimum atomic E-state index is -1.28. The smallest absolute Gasteiger partial charge is 0.255 e. The molecule has 0 aromatic heterocycles. The highest BCUT2D eigenvalue weighted by atomic mass is 16.5. The van der Waals surface area contributed by atoms with Crippen LogP contribution in [0.1, 0.15) is 42.6 Å². The molecular formula is C26H27N3O5. The fourth-order valence-corrected chi connectivity index (χ4v) is 4.42. The summed E-state index contributed by atoms with van der Waals surface area (Å²) >= 11 is 0. The van der Waals surface area contributed by atoms with Crippen LogP contribution < -0.4 is 10.1 Å². The van der Waals surface area contributed by atoms with E-state index < -0.39 is 25.1 Å². The van der Waals surface area contributed by atoms with Crippen LogP contribution in [-0.2, 0) is 34.0 Å². The van der Waals surface area contributed by atoms with Gasteiger partial charge in [0.25, 0.3) is 5.91 Å². The summed E-state index contributed by atoms with van der Waals surface area (Å²) in [6.45, 7) is 2.54. The van der Waals surface area contributed by atoms with Crippen LogP contribution in [0.25, 0.3) is 0 Å². The maximum atomic E-state index is 13.0. The Labute approximate surface area is 200 Å². The molecule has 0 spiro atoms.